The molecule has 0 saturated carbocycles. The lowest BCUT2D eigenvalue weighted by Gasteiger charge is -2.22. The van der Waals surface area contributed by atoms with Crippen molar-refractivity contribution in [2.24, 2.45) is 5.73 Å². The van der Waals surface area contributed by atoms with E-state index in [0.717, 1.165) is 52.5 Å². The van der Waals surface area contributed by atoms with Gasteiger partial charge in [-0.2, -0.15) is 0 Å². The number of thiazole rings is 1. The van der Waals surface area contributed by atoms with E-state index in [4.69, 9.17) is 5.73 Å². The first-order chi connectivity index (χ1) is 15.0. The average Bonchev–Trinajstić information content (AvgIpc) is 3.38. The number of rotatable bonds is 7. The highest BCUT2D eigenvalue weighted by molar-refractivity contribution is 7.09. The summed E-state index contributed by atoms with van der Waals surface area (Å²) in [6, 6.07) is 15.5. The van der Waals surface area contributed by atoms with Crippen LogP contribution in [0.4, 0.5) is 5.69 Å². The van der Waals surface area contributed by atoms with Crippen molar-refractivity contribution < 1.29 is 9.59 Å². The van der Waals surface area contributed by atoms with Gasteiger partial charge in [-0.25, -0.2) is 4.98 Å². The van der Waals surface area contributed by atoms with Crippen molar-refractivity contribution in [3.63, 3.8) is 0 Å². The number of primary amides is 1. The number of aromatic nitrogens is 1. The predicted octanol–water partition coefficient (Wildman–Crippen LogP) is 3.75. The summed E-state index contributed by atoms with van der Waals surface area (Å²) in [5, 5.41) is 6.06. The second-order valence-corrected chi connectivity index (χ2v) is 8.97. The number of hydrogen-bond acceptors (Lipinski definition) is 5. The molecule has 1 atom stereocenters. The summed E-state index contributed by atoms with van der Waals surface area (Å²) in [6.45, 7) is 3.50. The van der Waals surface area contributed by atoms with Crippen molar-refractivity contribution >= 4 is 28.8 Å². The van der Waals surface area contributed by atoms with Crippen LogP contribution in [0.15, 0.2) is 53.9 Å². The van der Waals surface area contributed by atoms with E-state index in [9.17, 15) is 9.59 Å². The van der Waals surface area contributed by atoms with Gasteiger partial charge in [0.15, 0.2) is 0 Å². The number of likely N-dealkylation sites (tertiary alicyclic amines) is 1. The molecule has 0 radical (unpaired) electrons. The highest BCUT2D eigenvalue weighted by Gasteiger charge is 2.28. The molecule has 31 heavy (non-hydrogen) atoms. The van der Waals surface area contributed by atoms with Gasteiger partial charge >= 0.3 is 0 Å². The first-order valence-corrected chi connectivity index (χ1v) is 11.3. The summed E-state index contributed by atoms with van der Waals surface area (Å²) >= 11 is 1.63. The maximum Gasteiger partial charge on any atom is 0.234 e. The minimum atomic E-state index is -0.266. The molecule has 2 heterocycles. The fraction of sp³-hybridized carbons (Fsp3) is 0.292. The maximum absolute atomic E-state index is 12.5. The third kappa shape index (κ3) is 5.37. The Kier molecular flexibility index (Phi) is 6.44. The van der Waals surface area contributed by atoms with Gasteiger partial charge < -0.3 is 11.1 Å². The molecule has 0 bridgehead atoms. The van der Waals surface area contributed by atoms with Gasteiger partial charge in [-0.15, -0.1) is 11.3 Å². The van der Waals surface area contributed by atoms with Crippen LogP contribution in [-0.4, -0.2) is 34.3 Å². The minimum Gasteiger partial charge on any atom is -0.368 e. The summed E-state index contributed by atoms with van der Waals surface area (Å²) in [5.74, 6) is -0.330. The number of nitrogens with zero attached hydrogens (tertiary/aromatic N) is 2. The highest BCUT2D eigenvalue weighted by atomic mass is 32.1. The number of aryl methyl sites for hydroxylation is 1. The monoisotopic (exact) mass is 434 g/mol. The van der Waals surface area contributed by atoms with E-state index in [1.54, 1.807) is 11.3 Å². The molecule has 3 N–H and O–H groups in total. The van der Waals surface area contributed by atoms with Crippen LogP contribution in [0.5, 0.6) is 0 Å². The Morgan fingerprint density at radius 2 is 2.00 bits per heavy atom. The smallest absolute Gasteiger partial charge is 0.234 e. The highest BCUT2D eigenvalue weighted by Crippen LogP contribution is 2.23. The van der Waals surface area contributed by atoms with Crippen LogP contribution in [0.25, 0.3) is 11.3 Å². The van der Waals surface area contributed by atoms with Crippen molar-refractivity contribution in [2.45, 2.75) is 38.8 Å². The van der Waals surface area contributed by atoms with E-state index in [1.165, 1.54) is 0 Å². The molecule has 7 heteroatoms. The SMILES string of the molecule is Cc1nc(-c2ccc(CC(=O)Nc3cccc(CN4CCCC4C(N)=O)c3)cc2)cs1. The second-order valence-electron chi connectivity index (χ2n) is 7.90. The van der Waals surface area contributed by atoms with Gasteiger partial charge in [0.1, 0.15) is 0 Å². The van der Waals surface area contributed by atoms with Gasteiger partial charge in [0.05, 0.1) is 23.2 Å². The predicted molar refractivity (Wildman–Crippen MR) is 124 cm³/mol. The van der Waals surface area contributed by atoms with Crippen molar-refractivity contribution in [3.05, 3.63) is 70.0 Å². The molecule has 160 valence electrons. The van der Waals surface area contributed by atoms with Crippen molar-refractivity contribution in [2.75, 3.05) is 11.9 Å². The maximum atomic E-state index is 12.5. The molecular weight excluding hydrogens is 408 g/mol. The number of carbonyl (C=O) groups is 2. The Bertz CT molecular complexity index is 1080. The zero-order valence-corrected chi connectivity index (χ0v) is 18.3. The molecular formula is C24H26N4O2S. The number of nitrogens with two attached hydrogens (primary N) is 1. The molecule has 1 aromatic heterocycles. The first-order valence-electron chi connectivity index (χ1n) is 10.4. The van der Waals surface area contributed by atoms with Crippen LogP contribution in [0.2, 0.25) is 0 Å². The molecule has 2 amide bonds. The summed E-state index contributed by atoms with van der Waals surface area (Å²) in [7, 11) is 0. The zero-order chi connectivity index (χ0) is 21.8. The molecule has 3 aromatic rings. The molecule has 1 aliphatic heterocycles. The Labute approximate surface area is 186 Å². The lowest BCUT2D eigenvalue weighted by Crippen LogP contribution is -2.39. The molecule has 0 aliphatic carbocycles. The van der Waals surface area contributed by atoms with Crippen molar-refractivity contribution in [1.82, 2.24) is 9.88 Å². The second kappa shape index (κ2) is 9.41. The number of hydrogen-bond donors (Lipinski definition) is 2. The summed E-state index contributed by atoms with van der Waals surface area (Å²) in [5.41, 5.74) is 10.3. The number of anilines is 1. The van der Waals surface area contributed by atoms with Gasteiger partial charge in [0, 0.05) is 23.2 Å². The van der Waals surface area contributed by atoms with Gasteiger partial charge in [0.2, 0.25) is 11.8 Å². The average molecular weight is 435 g/mol. The van der Waals surface area contributed by atoms with Crippen LogP contribution in [0.1, 0.15) is 29.0 Å². The van der Waals surface area contributed by atoms with Crippen LogP contribution in [0.3, 0.4) is 0 Å². The van der Waals surface area contributed by atoms with Gasteiger partial charge in [0.25, 0.3) is 0 Å². The largest absolute Gasteiger partial charge is 0.368 e. The minimum absolute atomic E-state index is 0.0643. The van der Waals surface area contributed by atoms with Crippen LogP contribution >= 0.6 is 11.3 Å². The summed E-state index contributed by atoms with van der Waals surface area (Å²) in [6.07, 6.45) is 2.09. The number of carbonyl (C=O) groups excluding carboxylic acids is 2. The van der Waals surface area contributed by atoms with Crippen molar-refractivity contribution in [1.29, 1.82) is 0 Å². The summed E-state index contributed by atoms with van der Waals surface area (Å²) < 4.78 is 0. The molecule has 4 rings (SSSR count). The number of amides is 2. The van der Waals surface area contributed by atoms with E-state index < -0.39 is 0 Å². The van der Waals surface area contributed by atoms with E-state index in [2.05, 4.69) is 15.2 Å². The lowest BCUT2D eigenvalue weighted by molar-refractivity contribution is -0.122. The Morgan fingerprint density at radius 1 is 1.19 bits per heavy atom. The van der Waals surface area contributed by atoms with Crippen LogP contribution < -0.4 is 11.1 Å². The topological polar surface area (TPSA) is 88.3 Å². The fourth-order valence-electron chi connectivity index (χ4n) is 4.00. The third-order valence-electron chi connectivity index (χ3n) is 5.52. The molecule has 2 aromatic carbocycles. The van der Waals surface area contributed by atoms with Gasteiger partial charge in [-0.05, 0) is 49.6 Å². The molecule has 1 fully saturated rings. The fourth-order valence-corrected chi connectivity index (χ4v) is 4.62. The molecule has 1 aliphatic rings. The molecule has 1 unspecified atom stereocenters. The van der Waals surface area contributed by atoms with E-state index in [0.29, 0.717) is 13.0 Å². The Hall–Kier alpha value is -3.03. The number of benzene rings is 2. The Balaban J connectivity index is 1.35. The van der Waals surface area contributed by atoms with Crippen molar-refractivity contribution in [3.8, 4) is 11.3 Å². The van der Waals surface area contributed by atoms with E-state index in [1.807, 2.05) is 60.8 Å². The van der Waals surface area contributed by atoms with E-state index >= 15 is 0 Å². The van der Waals surface area contributed by atoms with Gasteiger partial charge in [-0.1, -0.05) is 36.4 Å². The quantitative estimate of drug-likeness (QED) is 0.593. The summed E-state index contributed by atoms with van der Waals surface area (Å²) in [4.78, 5) is 30.8. The first kappa shape index (κ1) is 21.2. The molecule has 0 spiro atoms. The molecule has 1 saturated heterocycles. The molecule has 6 nitrogen and oxygen atoms in total. The lowest BCUT2D eigenvalue weighted by atomic mass is 10.1. The van der Waals surface area contributed by atoms with E-state index in [-0.39, 0.29) is 17.9 Å². The third-order valence-corrected chi connectivity index (χ3v) is 6.30. The van der Waals surface area contributed by atoms with Crippen LogP contribution in [-0.2, 0) is 22.6 Å². The standard InChI is InChI=1S/C24H26N4O2S/c1-16-26-21(15-31-16)19-9-7-17(8-10-19)13-23(29)27-20-5-2-4-18(12-20)14-28-11-3-6-22(28)24(25)30/h2,4-5,7-10,12,15,22H,3,6,11,13-14H2,1H3,(H2,25,30)(H,27,29). The van der Waals surface area contributed by atoms with Crippen LogP contribution in [0, 0.1) is 6.92 Å². The Morgan fingerprint density at radius 3 is 2.71 bits per heavy atom. The normalized spacial score (nSPS) is 16.4. The zero-order valence-electron chi connectivity index (χ0n) is 17.5. The number of nitrogens with one attached hydrogen (secondary N) is 1. The van der Waals surface area contributed by atoms with Gasteiger partial charge in [-0.3, -0.25) is 14.5 Å².